The third-order valence-corrected chi connectivity index (χ3v) is 4.83. The van der Waals surface area contributed by atoms with Crippen molar-refractivity contribution in [1.82, 2.24) is 5.32 Å². The lowest BCUT2D eigenvalue weighted by Crippen LogP contribution is -2.66. The second kappa shape index (κ2) is 13.4. The second-order valence-corrected chi connectivity index (χ2v) is 8.53. The van der Waals surface area contributed by atoms with Gasteiger partial charge in [0.05, 0.1) is 0 Å². The molecule has 5 atom stereocenters. The Bertz CT molecular complexity index is 746. The van der Waals surface area contributed by atoms with Gasteiger partial charge in [-0.2, -0.15) is 0 Å². The number of Topliss-reactive ketones (excluding diaryl/α,β-unsaturated/α-hetero) is 1. The molecule has 2 N–H and O–H groups in total. The number of rotatable bonds is 12. The molecule has 12 nitrogen and oxygen atoms in total. The van der Waals surface area contributed by atoms with E-state index in [4.69, 9.17) is 23.7 Å². The van der Waals surface area contributed by atoms with Gasteiger partial charge in [-0.15, -0.1) is 0 Å². The third-order valence-electron chi connectivity index (χ3n) is 4.83. The fourth-order valence-electron chi connectivity index (χ4n) is 3.33. The van der Waals surface area contributed by atoms with E-state index in [0.29, 0.717) is 12.8 Å². The molecule has 1 saturated heterocycles. The third kappa shape index (κ3) is 10.1. The van der Waals surface area contributed by atoms with Gasteiger partial charge in [0.2, 0.25) is 5.91 Å². The highest BCUT2D eigenvalue weighted by molar-refractivity contribution is 5.86. The first-order chi connectivity index (χ1) is 15.7. The van der Waals surface area contributed by atoms with Gasteiger partial charge in [0.25, 0.3) is 0 Å². The number of unbranched alkanes of at least 4 members (excludes halogenated alkanes) is 1. The van der Waals surface area contributed by atoms with E-state index < -0.39 is 60.1 Å². The Labute approximate surface area is 198 Å². The van der Waals surface area contributed by atoms with Crippen molar-refractivity contribution < 1.29 is 52.8 Å². The maximum absolute atomic E-state index is 11.9. The summed E-state index contributed by atoms with van der Waals surface area (Å²) in [5.74, 6) is -2.79. The molecule has 0 saturated carbocycles. The quantitative estimate of drug-likeness (QED) is 0.218. The minimum atomic E-state index is -1.42. The maximum Gasteiger partial charge on any atom is 0.303 e. The number of nitrogens with one attached hydrogen (secondary N) is 1. The number of carbonyl (C=O) groups excluding carboxylic acids is 5. The number of hydrogen-bond donors (Lipinski definition) is 2. The molecule has 1 amide bonds. The molecule has 1 rings (SSSR count). The van der Waals surface area contributed by atoms with Gasteiger partial charge in [-0.05, 0) is 26.7 Å². The van der Waals surface area contributed by atoms with Crippen LogP contribution in [0.2, 0.25) is 0 Å². The maximum atomic E-state index is 11.9. The molecule has 0 bridgehead atoms. The van der Waals surface area contributed by atoms with Gasteiger partial charge >= 0.3 is 17.9 Å². The van der Waals surface area contributed by atoms with Crippen LogP contribution in [0, 0.1) is 0 Å². The van der Waals surface area contributed by atoms with Crippen LogP contribution in [0.4, 0.5) is 0 Å². The molecule has 0 aromatic carbocycles. The zero-order valence-corrected chi connectivity index (χ0v) is 20.5. The molecule has 0 radical (unpaired) electrons. The van der Waals surface area contributed by atoms with Gasteiger partial charge in [0, 0.05) is 40.7 Å². The summed E-state index contributed by atoms with van der Waals surface area (Å²) in [7, 11) is 0. The molecule has 1 heterocycles. The Hall–Kier alpha value is -2.57. The van der Waals surface area contributed by atoms with Crippen LogP contribution in [0.1, 0.15) is 60.8 Å². The average molecular weight is 490 g/mol. The molecular formula is C22H35NO11. The van der Waals surface area contributed by atoms with Crippen LogP contribution in [0.15, 0.2) is 0 Å². The van der Waals surface area contributed by atoms with Gasteiger partial charge in [0.15, 0.2) is 24.3 Å². The molecule has 0 aromatic heterocycles. The summed E-state index contributed by atoms with van der Waals surface area (Å²) < 4.78 is 27.4. The Kier molecular flexibility index (Phi) is 11.6. The lowest BCUT2D eigenvalue weighted by Gasteiger charge is -2.44. The first-order valence-electron chi connectivity index (χ1n) is 11.0. The molecule has 1 fully saturated rings. The number of aliphatic hydroxyl groups is 1. The van der Waals surface area contributed by atoms with E-state index in [9.17, 15) is 29.1 Å². The minimum Gasteiger partial charge on any atom is -0.463 e. The monoisotopic (exact) mass is 489 g/mol. The van der Waals surface area contributed by atoms with Crippen LogP contribution >= 0.6 is 0 Å². The molecule has 0 aliphatic carbocycles. The summed E-state index contributed by atoms with van der Waals surface area (Å²) in [5, 5.41) is 12.3. The molecule has 34 heavy (non-hydrogen) atoms. The molecule has 12 heteroatoms. The first kappa shape index (κ1) is 29.5. The van der Waals surface area contributed by atoms with Gasteiger partial charge in [-0.1, -0.05) is 0 Å². The molecule has 0 spiro atoms. The van der Waals surface area contributed by atoms with E-state index >= 15 is 0 Å². The Morgan fingerprint density at radius 3 is 2.00 bits per heavy atom. The number of esters is 3. The van der Waals surface area contributed by atoms with Crippen LogP contribution < -0.4 is 5.32 Å². The van der Waals surface area contributed by atoms with E-state index in [1.807, 2.05) is 0 Å². The molecule has 1 aliphatic heterocycles. The minimum absolute atomic E-state index is 0.102. The summed E-state index contributed by atoms with van der Waals surface area (Å²) in [6.07, 6.45) is -3.58. The second-order valence-electron chi connectivity index (χ2n) is 8.53. The van der Waals surface area contributed by atoms with Crippen LogP contribution in [-0.4, -0.2) is 84.2 Å². The van der Waals surface area contributed by atoms with Crippen LogP contribution in [0.3, 0.4) is 0 Å². The fraction of sp³-hybridized carbons (Fsp3) is 0.773. The molecule has 0 aromatic rings. The number of carbonyl (C=O) groups is 5. The van der Waals surface area contributed by atoms with E-state index in [2.05, 4.69) is 5.32 Å². The van der Waals surface area contributed by atoms with Crippen molar-refractivity contribution in [3.63, 3.8) is 0 Å². The Morgan fingerprint density at radius 1 is 0.912 bits per heavy atom. The standard InChI is InChI=1S/C22H35NO11/c1-12(24)23-18-20(33-15(4)27)19(32-14(3)26)16(11-31-13(2)25)34-21(18)30-10-8-7-9-17(28)22(5,6)29/h16,18-21,29H,7-11H2,1-6H3,(H,23,24)/t16-,18-,19+,20-,21-/m1/s1. The van der Waals surface area contributed by atoms with Crippen molar-refractivity contribution in [3.05, 3.63) is 0 Å². The summed E-state index contributed by atoms with van der Waals surface area (Å²) in [6, 6.07) is -1.04. The van der Waals surface area contributed by atoms with E-state index in [1.54, 1.807) is 0 Å². The predicted octanol–water partition coefficient (Wildman–Crippen LogP) is 0.169. The van der Waals surface area contributed by atoms with Crippen molar-refractivity contribution in [2.75, 3.05) is 13.2 Å². The van der Waals surface area contributed by atoms with Gasteiger partial charge in [-0.3, -0.25) is 24.0 Å². The molecule has 1 aliphatic rings. The van der Waals surface area contributed by atoms with Crippen LogP contribution in [0.5, 0.6) is 0 Å². The molecule has 0 unspecified atom stereocenters. The first-order valence-corrected chi connectivity index (χ1v) is 11.0. The normalized spacial score (nSPS) is 24.6. The van der Waals surface area contributed by atoms with E-state index in [1.165, 1.54) is 27.7 Å². The molecular weight excluding hydrogens is 454 g/mol. The zero-order chi connectivity index (χ0) is 26.1. The lowest BCUT2D eigenvalue weighted by molar-refractivity contribution is -0.277. The Morgan fingerprint density at radius 2 is 1.50 bits per heavy atom. The van der Waals surface area contributed by atoms with Gasteiger partial charge in [-0.25, -0.2) is 0 Å². The van der Waals surface area contributed by atoms with Crippen molar-refractivity contribution in [2.24, 2.45) is 0 Å². The Balaban J connectivity index is 3.04. The van der Waals surface area contributed by atoms with Gasteiger partial charge < -0.3 is 34.1 Å². The van der Waals surface area contributed by atoms with Crippen molar-refractivity contribution in [2.45, 2.75) is 97.0 Å². The lowest BCUT2D eigenvalue weighted by atomic mass is 9.96. The van der Waals surface area contributed by atoms with Crippen molar-refractivity contribution in [3.8, 4) is 0 Å². The van der Waals surface area contributed by atoms with E-state index in [0.717, 1.165) is 13.8 Å². The number of ether oxygens (including phenoxy) is 5. The highest BCUT2D eigenvalue weighted by Crippen LogP contribution is 2.28. The average Bonchev–Trinajstić information content (AvgIpc) is 2.68. The van der Waals surface area contributed by atoms with Crippen LogP contribution in [-0.2, 0) is 47.7 Å². The van der Waals surface area contributed by atoms with Gasteiger partial charge in [0.1, 0.15) is 24.4 Å². The highest BCUT2D eigenvalue weighted by Gasteiger charge is 2.51. The number of ketones is 1. The number of amides is 1. The zero-order valence-electron chi connectivity index (χ0n) is 20.5. The predicted molar refractivity (Wildman–Crippen MR) is 115 cm³/mol. The fourth-order valence-corrected chi connectivity index (χ4v) is 3.33. The summed E-state index contributed by atoms with van der Waals surface area (Å²) in [6.45, 7) is 7.35. The van der Waals surface area contributed by atoms with E-state index in [-0.39, 0.29) is 25.4 Å². The topological polar surface area (TPSA) is 164 Å². The van der Waals surface area contributed by atoms with Crippen LogP contribution in [0.25, 0.3) is 0 Å². The summed E-state index contributed by atoms with van der Waals surface area (Å²) >= 11 is 0. The number of hydrogen-bond acceptors (Lipinski definition) is 11. The summed E-state index contributed by atoms with van der Waals surface area (Å²) in [4.78, 5) is 58.6. The van der Waals surface area contributed by atoms with Crippen molar-refractivity contribution in [1.29, 1.82) is 0 Å². The van der Waals surface area contributed by atoms with Crippen molar-refractivity contribution >= 4 is 29.6 Å². The molecule has 194 valence electrons. The highest BCUT2D eigenvalue weighted by atomic mass is 16.7. The SMILES string of the molecule is CC(=O)N[C@H]1[C@H](OCCCCC(=O)C(C)(C)O)O[C@H](COC(C)=O)[C@H](OC(C)=O)[C@@H]1OC(C)=O. The largest absolute Gasteiger partial charge is 0.463 e. The smallest absolute Gasteiger partial charge is 0.303 e. The summed E-state index contributed by atoms with van der Waals surface area (Å²) in [5.41, 5.74) is -1.42.